The molecule has 0 N–H and O–H groups in total. The largest absolute Gasteiger partial charge is 0.0720 e. The third kappa shape index (κ3) is 1.95. The molecule has 3 aliphatic carbocycles. The van der Waals surface area contributed by atoms with Gasteiger partial charge in [0.05, 0.1) is 10.2 Å². The first kappa shape index (κ1) is 15.2. The number of allylic oxidation sites excluding steroid dienone is 5. The second kappa shape index (κ2) is 5.08. The standard InChI is InChI=1S/C22H25Si/c1-11-9-17-10-16-7-6-8-18(16)22(23)21(17)19(11)20-14(4)12(2)13(3)15(20)5/h9-10,14,19H,6-8H2,1-5H3. The van der Waals surface area contributed by atoms with Crippen molar-refractivity contribution in [2.24, 2.45) is 5.92 Å². The zero-order chi connectivity index (χ0) is 16.5. The molecule has 0 heterocycles. The van der Waals surface area contributed by atoms with Crippen molar-refractivity contribution >= 4 is 21.5 Å². The average Bonchev–Trinajstić information content (AvgIpc) is 3.15. The zero-order valence-corrected chi connectivity index (χ0v) is 15.9. The van der Waals surface area contributed by atoms with Crippen LogP contribution < -0.4 is 5.19 Å². The smallest absolute Gasteiger partial charge is 0.0632 e. The Hall–Kier alpha value is -1.34. The van der Waals surface area contributed by atoms with Crippen LogP contribution in [0.4, 0.5) is 0 Å². The molecule has 0 amide bonds. The number of aryl methyl sites for hydroxylation is 1. The lowest BCUT2D eigenvalue weighted by Crippen LogP contribution is -2.22. The Kier molecular flexibility index (Phi) is 3.35. The van der Waals surface area contributed by atoms with Crippen LogP contribution in [0.5, 0.6) is 0 Å². The summed E-state index contributed by atoms with van der Waals surface area (Å²) in [5.74, 6) is 1.03. The highest BCUT2D eigenvalue weighted by atomic mass is 28.1. The average molecular weight is 318 g/mol. The quantitative estimate of drug-likeness (QED) is 0.654. The molecule has 23 heavy (non-hydrogen) atoms. The van der Waals surface area contributed by atoms with Gasteiger partial charge in [-0.1, -0.05) is 35.4 Å². The van der Waals surface area contributed by atoms with Crippen LogP contribution in [0.3, 0.4) is 0 Å². The monoisotopic (exact) mass is 317 g/mol. The molecule has 0 spiro atoms. The van der Waals surface area contributed by atoms with Gasteiger partial charge in [0.15, 0.2) is 0 Å². The Morgan fingerprint density at radius 1 is 1.04 bits per heavy atom. The zero-order valence-electron chi connectivity index (χ0n) is 14.9. The molecule has 2 atom stereocenters. The molecule has 0 nitrogen and oxygen atoms in total. The normalized spacial score (nSPS) is 26.1. The summed E-state index contributed by atoms with van der Waals surface area (Å²) < 4.78 is 0. The van der Waals surface area contributed by atoms with Gasteiger partial charge in [0, 0.05) is 5.92 Å². The van der Waals surface area contributed by atoms with Crippen LogP contribution in [0, 0.1) is 5.92 Å². The van der Waals surface area contributed by atoms with Gasteiger partial charge in [-0.05, 0) is 91.8 Å². The third-order valence-electron chi connectivity index (χ3n) is 6.61. The topological polar surface area (TPSA) is 0 Å². The Bertz CT molecular complexity index is 817. The van der Waals surface area contributed by atoms with Gasteiger partial charge in [-0.25, -0.2) is 0 Å². The predicted octanol–water partition coefficient (Wildman–Crippen LogP) is 4.77. The van der Waals surface area contributed by atoms with E-state index < -0.39 is 0 Å². The number of rotatable bonds is 1. The van der Waals surface area contributed by atoms with Crippen LogP contribution in [0.15, 0.2) is 33.9 Å². The molecule has 0 aliphatic heterocycles. The van der Waals surface area contributed by atoms with Crippen LogP contribution in [0.25, 0.3) is 6.08 Å². The summed E-state index contributed by atoms with van der Waals surface area (Å²) in [4.78, 5) is 0. The minimum Gasteiger partial charge on any atom is -0.0632 e. The van der Waals surface area contributed by atoms with Crippen LogP contribution in [0.1, 0.15) is 69.2 Å². The summed E-state index contributed by atoms with van der Waals surface area (Å²) in [6.45, 7) is 11.6. The van der Waals surface area contributed by atoms with E-state index in [0.717, 1.165) is 0 Å². The number of fused-ring (bicyclic) bond motifs is 2. The summed E-state index contributed by atoms with van der Waals surface area (Å²) in [7, 11) is 4.06. The van der Waals surface area contributed by atoms with E-state index in [4.69, 9.17) is 0 Å². The van der Waals surface area contributed by atoms with Crippen molar-refractivity contribution in [3.05, 3.63) is 56.2 Å². The molecule has 0 fully saturated rings. The molecule has 1 aromatic rings. The Morgan fingerprint density at radius 2 is 1.78 bits per heavy atom. The second-order valence-electron chi connectivity index (χ2n) is 7.68. The van der Waals surface area contributed by atoms with Crippen molar-refractivity contribution in [2.45, 2.75) is 59.8 Å². The predicted molar refractivity (Wildman–Crippen MR) is 100 cm³/mol. The van der Waals surface area contributed by atoms with E-state index in [0.29, 0.717) is 11.8 Å². The highest BCUT2D eigenvalue weighted by Gasteiger charge is 2.36. The molecule has 0 saturated heterocycles. The van der Waals surface area contributed by atoms with Crippen molar-refractivity contribution in [1.82, 2.24) is 0 Å². The Labute approximate surface area is 143 Å². The van der Waals surface area contributed by atoms with E-state index >= 15 is 0 Å². The van der Waals surface area contributed by atoms with Gasteiger partial charge in [-0.2, -0.15) is 0 Å². The lowest BCUT2D eigenvalue weighted by molar-refractivity contribution is 0.737. The van der Waals surface area contributed by atoms with Crippen molar-refractivity contribution in [1.29, 1.82) is 0 Å². The van der Waals surface area contributed by atoms with Crippen molar-refractivity contribution in [3.8, 4) is 0 Å². The second-order valence-corrected chi connectivity index (χ2v) is 8.18. The van der Waals surface area contributed by atoms with Gasteiger partial charge in [0.2, 0.25) is 0 Å². The molecule has 3 aliphatic rings. The molecule has 1 heteroatoms. The van der Waals surface area contributed by atoms with E-state index in [1.54, 1.807) is 22.3 Å². The van der Waals surface area contributed by atoms with Crippen LogP contribution in [-0.2, 0) is 12.8 Å². The van der Waals surface area contributed by atoms with Crippen molar-refractivity contribution in [2.75, 3.05) is 0 Å². The summed E-state index contributed by atoms with van der Waals surface area (Å²) in [6, 6.07) is 2.47. The highest BCUT2D eigenvalue weighted by Crippen LogP contribution is 2.50. The fraction of sp³-hybridized carbons (Fsp3) is 0.455. The maximum absolute atomic E-state index is 4.06. The maximum Gasteiger partial charge on any atom is 0.0720 e. The van der Waals surface area contributed by atoms with E-state index in [1.165, 1.54) is 52.3 Å². The summed E-state index contributed by atoms with van der Waals surface area (Å²) in [6.07, 6.45) is 6.21. The molecular weight excluding hydrogens is 292 g/mol. The minimum absolute atomic E-state index is 0.464. The van der Waals surface area contributed by atoms with E-state index in [9.17, 15) is 0 Å². The first-order chi connectivity index (χ1) is 10.9. The van der Waals surface area contributed by atoms with Gasteiger partial charge >= 0.3 is 0 Å². The fourth-order valence-electron chi connectivity index (χ4n) is 5.03. The molecule has 0 bridgehead atoms. The summed E-state index contributed by atoms with van der Waals surface area (Å²) >= 11 is 0. The van der Waals surface area contributed by atoms with Gasteiger partial charge < -0.3 is 0 Å². The lowest BCUT2D eigenvalue weighted by Gasteiger charge is -2.25. The van der Waals surface area contributed by atoms with Gasteiger partial charge in [0.25, 0.3) is 0 Å². The maximum atomic E-state index is 4.06. The van der Waals surface area contributed by atoms with Gasteiger partial charge in [0.1, 0.15) is 0 Å². The minimum atomic E-state index is 0.464. The first-order valence-corrected chi connectivity index (χ1v) is 9.38. The van der Waals surface area contributed by atoms with E-state index in [1.807, 2.05) is 0 Å². The number of hydrogen-bond acceptors (Lipinski definition) is 0. The van der Waals surface area contributed by atoms with E-state index in [-0.39, 0.29) is 0 Å². The third-order valence-corrected chi connectivity index (χ3v) is 7.18. The Morgan fingerprint density at radius 3 is 2.43 bits per heavy atom. The molecule has 2 unspecified atom stereocenters. The van der Waals surface area contributed by atoms with Crippen LogP contribution in [-0.4, -0.2) is 10.2 Å². The molecule has 117 valence electrons. The summed E-state index contributed by atoms with van der Waals surface area (Å²) in [5.41, 5.74) is 13.8. The molecular formula is C22H25Si. The van der Waals surface area contributed by atoms with Gasteiger partial charge in [-0.3, -0.25) is 0 Å². The first-order valence-electron chi connectivity index (χ1n) is 8.88. The van der Waals surface area contributed by atoms with Crippen LogP contribution >= 0.6 is 0 Å². The molecule has 3 radical (unpaired) electrons. The Balaban J connectivity index is 1.91. The summed E-state index contributed by atoms with van der Waals surface area (Å²) in [5, 5.41) is 1.39. The van der Waals surface area contributed by atoms with E-state index in [2.05, 4.69) is 57.0 Å². The molecule has 0 aromatic heterocycles. The molecule has 1 aromatic carbocycles. The molecule has 0 saturated carbocycles. The lowest BCUT2D eigenvalue weighted by atomic mass is 9.80. The van der Waals surface area contributed by atoms with Crippen molar-refractivity contribution < 1.29 is 0 Å². The number of benzene rings is 1. The fourth-order valence-corrected chi connectivity index (χ4v) is 5.61. The highest BCUT2D eigenvalue weighted by molar-refractivity contribution is 6.35. The van der Waals surface area contributed by atoms with Crippen LogP contribution in [0.2, 0.25) is 0 Å². The molecule has 4 rings (SSSR count). The van der Waals surface area contributed by atoms with Crippen molar-refractivity contribution in [3.63, 3.8) is 0 Å². The van der Waals surface area contributed by atoms with Gasteiger partial charge in [-0.15, -0.1) is 0 Å². The number of hydrogen-bond donors (Lipinski definition) is 0. The SMILES string of the molecule is CC1=Cc2cc3c(c([Si])c2C1C1=C(C)C(C)=C(C)C1C)CCC3.